The van der Waals surface area contributed by atoms with Crippen molar-refractivity contribution in [3.63, 3.8) is 0 Å². The van der Waals surface area contributed by atoms with Gasteiger partial charge in [-0.25, -0.2) is 4.98 Å². The van der Waals surface area contributed by atoms with Crippen LogP contribution in [0.2, 0.25) is 10.0 Å². The highest BCUT2D eigenvalue weighted by Gasteiger charge is 2.30. The zero-order valence-electron chi connectivity index (χ0n) is 20.0. The molecular weight excluding hydrogens is 477 g/mol. The molecule has 0 aliphatic heterocycles. The molecule has 0 N–H and O–H groups in total. The molecule has 0 saturated heterocycles. The van der Waals surface area contributed by atoms with E-state index in [0.29, 0.717) is 18.3 Å². The maximum atomic E-state index is 12.7. The van der Waals surface area contributed by atoms with E-state index in [-0.39, 0.29) is 26.9 Å². The van der Waals surface area contributed by atoms with E-state index in [2.05, 4.69) is 4.98 Å². The van der Waals surface area contributed by atoms with Crippen molar-refractivity contribution in [3.05, 3.63) is 56.6 Å². The van der Waals surface area contributed by atoms with Gasteiger partial charge in [-0.1, -0.05) is 46.4 Å². The summed E-state index contributed by atoms with van der Waals surface area (Å²) < 4.78 is 101. The predicted molar refractivity (Wildman–Crippen MR) is 107 cm³/mol. The van der Waals surface area contributed by atoms with Gasteiger partial charge in [0.05, 0.1) is 34.2 Å². The normalized spacial score (nSPS) is 15.7. The van der Waals surface area contributed by atoms with E-state index in [0.717, 1.165) is 0 Å². The third-order valence-electron chi connectivity index (χ3n) is 2.93. The second kappa shape index (κ2) is 11.0. The van der Waals surface area contributed by atoms with Crippen molar-refractivity contribution >= 4 is 46.4 Å². The zero-order chi connectivity index (χ0) is 26.8. The van der Waals surface area contributed by atoms with Gasteiger partial charge in [0, 0.05) is 33.5 Å². The third kappa shape index (κ3) is 8.01. The Morgan fingerprint density at radius 2 is 1.72 bits per heavy atom. The number of hydrogen-bond acceptors (Lipinski definition) is 4. The summed E-state index contributed by atoms with van der Waals surface area (Å²) in [7, 11) is 0. The molecule has 0 aliphatic rings. The fourth-order valence-corrected chi connectivity index (χ4v) is 2.37. The molecular formula is C18H14Cl4F3NO3. The Labute approximate surface area is 193 Å². The molecule has 0 fully saturated rings. The first-order valence-electron chi connectivity index (χ1n) is 10.4. The highest BCUT2D eigenvalue weighted by atomic mass is 35.5. The molecule has 1 heterocycles. The van der Waals surface area contributed by atoms with Crippen LogP contribution >= 0.6 is 46.4 Å². The summed E-state index contributed by atoms with van der Waals surface area (Å²) in [5.41, 5.74) is -1.15. The van der Waals surface area contributed by atoms with Crippen molar-refractivity contribution in [2.75, 3.05) is 19.7 Å². The van der Waals surface area contributed by atoms with Crippen LogP contribution in [-0.2, 0) is 6.18 Å². The van der Waals surface area contributed by atoms with E-state index in [1.54, 1.807) is 0 Å². The number of hydrogen-bond donors (Lipinski definition) is 0. The minimum atomic E-state index is -4.71. The van der Waals surface area contributed by atoms with Crippen LogP contribution in [0.5, 0.6) is 17.4 Å². The van der Waals surface area contributed by atoms with Gasteiger partial charge >= 0.3 is 6.18 Å². The van der Waals surface area contributed by atoms with E-state index in [9.17, 15) is 13.2 Å². The van der Waals surface area contributed by atoms with Crippen molar-refractivity contribution in [2.45, 2.75) is 12.5 Å². The largest absolute Gasteiger partial charge is 0.490 e. The fraction of sp³-hybridized carbons (Fsp3) is 0.278. The summed E-state index contributed by atoms with van der Waals surface area (Å²) in [6.45, 7) is -7.01. The summed E-state index contributed by atoms with van der Waals surface area (Å²) in [5, 5.41) is -0.613. The summed E-state index contributed by atoms with van der Waals surface area (Å²) >= 11 is 23.0. The Morgan fingerprint density at radius 1 is 1.07 bits per heavy atom. The molecule has 1 aromatic carbocycles. The van der Waals surface area contributed by atoms with E-state index in [1.165, 1.54) is 18.2 Å². The fourth-order valence-electron chi connectivity index (χ4n) is 1.70. The van der Waals surface area contributed by atoms with Gasteiger partial charge in [0.25, 0.3) is 0 Å². The second-order valence-corrected chi connectivity index (χ2v) is 6.76. The molecule has 0 spiro atoms. The van der Waals surface area contributed by atoms with Crippen LogP contribution in [0.3, 0.4) is 0 Å². The van der Waals surface area contributed by atoms with Crippen LogP contribution in [0.1, 0.15) is 20.2 Å². The Morgan fingerprint density at radius 3 is 2.28 bits per heavy atom. The first-order valence-corrected chi connectivity index (χ1v) is 8.93. The van der Waals surface area contributed by atoms with Gasteiger partial charge in [0.15, 0.2) is 5.75 Å². The van der Waals surface area contributed by atoms with Gasteiger partial charge in [0.1, 0.15) is 16.8 Å². The highest BCUT2D eigenvalue weighted by Crippen LogP contribution is 2.37. The van der Waals surface area contributed by atoms with Crippen molar-refractivity contribution in [2.24, 2.45) is 0 Å². The molecule has 0 aliphatic carbocycles. The molecule has 0 atom stereocenters. The Balaban J connectivity index is 2.25. The molecule has 0 radical (unpaired) electrons. The molecule has 1 aromatic heterocycles. The lowest BCUT2D eigenvalue weighted by Crippen LogP contribution is -2.08. The number of ether oxygens (including phenoxy) is 3. The molecule has 0 saturated carbocycles. The number of halogens is 7. The van der Waals surface area contributed by atoms with Crippen LogP contribution in [-0.4, -0.2) is 24.7 Å². The summed E-state index contributed by atoms with van der Waals surface area (Å²) in [6, 6.07) is 3.54. The van der Waals surface area contributed by atoms with Crippen LogP contribution in [0.25, 0.3) is 0 Å². The Hall–Kier alpha value is -1.54. The average Bonchev–Trinajstić information content (AvgIpc) is 2.69. The zero-order valence-corrected chi connectivity index (χ0v) is 17.0. The van der Waals surface area contributed by atoms with Gasteiger partial charge in [0.2, 0.25) is 5.88 Å². The van der Waals surface area contributed by atoms with Gasteiger partial charge in [-0.3, -0.25) is 0 Å². The Bertz CT molecular complexity index is 1060. The maximum absolute atomic E-state index is 12.7. The molecule has 4 nitrogen and oxygen atoms in total. The molecule has 2 aromatic rings. The molecule has 0 bridgehead atoms. The van der Waals surface area contributed by atoms with Crippen molar-refractivity contribution in [1.29, 1.82) is 0 Å². The summed E-state index contributed by atoms with van der Waals surface area (Å²) in [6.07, 6.45) is -6.62. The van der Waals surface area contributed by atoms with Crippen LogP contribution in [0, 0.1) is 0 Å². The molecule has 0 amide bonds. The standard InChI is InChI=1S/C18H14Cl4F3NO3/c19-13-8-12(27-7-4-15(21)22)9-14(20)17(13)29-6-1-5-28-16-3-2-11(10-26-16)18(23,24)25/h2-4,8-10H,1,5-7H2/i1D2,5D2,6D2. The lowest BCUT2D eigenvalue weighted by atomic mass is 10.3. The minimum Gasteiger partial charge on any atom is -0.490 e. The van der Waals surface area contributed by atoms with E-state index in [4.69, 9.17) is 68.8 Å². The number of alkyl halides is 3. The monoisotopic (exact) mass is 495 g/mol. The third-order valence-corrected chi connectivity index (χ3v) is 3.80. The average molecular weight is 497 g/mol. The topological polar surface area (TPSA) is 40.6 Å². The smallest absolute Gasteiger partial charge is 0.417 e. The van der Waals surface area contributed by atoms with Crippen LogP contribution in [0.4, 0.5) is 13.2 Å². The first-order chi connectivity index (χ1) is 15.9. The maximum Gasteiger partial charge on any atom is 0.417 e. The number of rotatable bonds is 9. The molecule has 0 unspecified atom stereocenters. The van der Waals surface area contributed by atoms with Gasteiger partial charge in [-0.2, -0.15) is 13.2 Å². The number of nitrogens with zero attached hydrogens (tertiary/aromatic N) is 1. The predicted octanol–water partition coefficient (Wildman–Crippen LogP) is 6.95. The lowest BCUT2D eigenvalue weighted by molar-refractivity contribution is -0.137. The van der Waals surface area contributed by atoms with Crippen LogP contribution < -0.4 is 14.2 Å². The quantitative estimate of drug-likeness (QED) is 0.376. The van der Waals surface area contributed by atoms with Gasteiger partial charge < -0.3 is 14.2 Å². The number of pyridine rings is 1. The summed E-state index contributed by atoms with van der Waals surface area (Å²) in [4.78, 5) is 3.29. The Kier molecular flexibility index (Phi) is 6.15. The van der Waals surface area contributed by atoms with Crippen LogP contribution in [0.15, 0.2) is 41.0 Å². The van der Waals surface area contributed by atoms with Crippen molar-refractivity contribution in [1.82, 2.24) is 4.98 Å². The van der Waals surface area contributed by atoms with Gasteiger partial charge in [-0.15, -0.1) is 0 Å². The van der Waals surface area contributed by atoms with E-state index >= 15 is 0 Å². The molecule has 2 rings (SSSR count). The molecule has 11 heteroatoms. The highest BCUT2D eigenvalue weighted by molar-refractivity contribution is 6.55. The van der Waals surface area contributed by atoms with Crippen molar-refractivity contribution < 1.29 is 35.6 Å². The molecule has 29 heavy (non-hydrogen) atoms. The number of benzene rings is 1. The van der Waals surface area contributed by atoms with Crippen molar-refractivity contribution in [3.8, 4) is 17.4 Å². The first kappa shape index (κ1) is 16.2. The summed E-state index contributed by atoms with van der Waals surface area (Å²) in [5.74, 6) is -1.16. The minimum absolute atomic E-state index is 0.0550. The van der Waals surface area contributed by atoms with Gasteiger partial charge in [-0.05, 0) is 12.1 Å². The lowest BCUT2D eigenvalue weighted by Gasteiger charge is -2.12. The van der Waals surface area contributed by atoms with E-state index < -0.39 is 42.9 Å². The number of aromatic nitrogens is 1. The molecule has 158 valence electrons. The second-order valence-electron chi connectivity index (χ2n) is 4.94. The SMILES string of the molecule is [2H]C([2H])(Oc1ccc(C(F)(F)F)cn1)C([2H])([2H])C([2H])([2H])Oc1c(Cl)cc(OCC=C(Cl)Cl)cc1Cl. The van der Waals surface area contributed by atoms with E-state index in [1.807, 2.05) is 0 Å².